The van der Waals surface area contributed by atoms with Crippen LogP contribution < -0.4 is 0 Å². The van der Waals surface area contributed by atoms with Crippen LogP contribution in [0.2, 0.25) is 0 Å². The minimum absolute atomic E-state index is 0.369. The largest absolute Gasteiger partial charge is 0.352 e. The molecular weight excluding hydrogens is 260 g/mol. The highest BCUT2D eigenvalue weighted by molar-refractivity contribution is 5.49. The van der Waals surface area contributed by atoms with Crippen molar-refractivity contribution in [2.45, 2.75) is 17.6 Å². The maximum Gasteiger partial charge on any atom is 0.180 e. The van der Waals surface area contributed by atoms with Crippen molar-refractivity contribution in [3.8, 4) is 0 Å². The van der Waals surface area contributed by atoms with Gasteiger partial charge in [-0.15, -0.1) is 0 Å². The molecule has 4 bridgehead atoms. The van der Waals surface area contributed by atoms with Gasteiger partial charge < -0.3 is 9.47 Å². The first kappa shape index (κ1) is 12.2. The molecule has 1 aromatic carbocycles. The highest BCUT2D eigenvalue weighted by atomic mass is 16.7. The number of fused-ring (bicyclic) bond motifs is 2. The molecule has 0 N–H and O–H groups in total. The molecule has 5 aliphatic carbocycles. The highest BCUT2D eigenvalue weighted by Crippen LogP contribution is 2.68. The predicted octanol–water partition coefficient (Wildman–Crippen LogP) is 3.47. The highest BCUT2D eigenvalue weighted by Gasteiger charge is 2.67. The van der Waals surface area contributed by atoms with Gasteiger partial charge in [-0.05, 0) is 23.0 Å². The van der Waals surface area contributed by atoms with Crippen LogP contribution in [0.5, 0.6) is 0 Å². The fourth-order valence-corrected chi connectivity index (χ4v) is 5.79. The van der Waals surface area contributed by atoms with E-state index in [2.05, 4.69) is 48.6 Å². The summed E-state index contributed by atoms with van der Waals surface area (Å²) in [5, 5.41) is 0. The first-order valence-electron chi connectivity index (χ1n) is 7.87. The Morgan fingerprint density at radius 2 is 1.24 bits per heavy atom. The van der Waals surface area contributed by atoms with Crippen LogP contribution in [-0.2, 0) is 9.47 Å². The maximum absolute atomic E-state index is 5.94. The van der Waals surface area contributed by atoms with Gasteiger partial charge in [-0.2, -0.15) is 0 Å². The average molecular weight is 280 g/mol. The van der Waals surface area contributed by atoms with E-state index in [-0.39, 0.29) is 0 Å². The first-order chi connectivity index (χ1) is 10.3. The Bertz CT molecular complexity index is 604. The molecule has 2 heteroatoms. The third kappa shape index (κ3) is 1.19. The zero-order valence-electron chi connectivity index (χ0n) is 12.4. The summed E-state index contributed by atoms with van der Waals surface area (Å²) >= 11 is 0. The molecule has 108 valence electrons. The van der Waals surface area contributed by atoms with Crippen LogP contribution in [0.3, 0.4) is 0 Å². The Morgan fingerprint density at radius 3 is 1.67 bits per heavy atom. The SMILES string of the molecule is COC1(OC)[C@@H]2C=C[C@@H]1[C@@H]1[C@@H]2[C@@H]2C=C[C@@H]1c1ccccc12. The van der Waals surface area contributed by atoms with Crippen LogP contribution in [0.1, 0.15) is 23.0 Å². The third-order valence-corrected chi connectivity index (χ3v) is 6.44. The topological polar surface area (TPSA) is 18.5 Å². The van der Waals surface area contributed by atoms with Crippen molar-refractivity contribution in [3.63, 3.8) is 0 Å². The molecule has 0 amide bonds. The molecule has 6 atom stereocenters. The molecule has 0 heterocycles. The second-order valence-electron chi connectivity index (χ2n) is 6.79. The summed E-state index contributed by atoms with van der Waals surface area (Å²) in [6.45, 7) is 0. The van der Waals surface area contributed by atoms with E-state index in [0.717, 1.165) is 0 Å². The van der Waals surface area contributed by atoms with Gasteiger partial charge in [0.1, 0.15) is 0 Å². The van der Waals surface area contributed by atoms with Crippen LogP contribution in [0, 0.1) is 23.7 Å². The van der Waals surface area contributed by atoms with Gasteiger partial charge in [0.25, 0.3) is 0 Å². The van der Waals surface area contributed by atoms with Gasteiger partial charge in [0, 0.05) is 37.9 Å². The lowest BCUT2D eigenvalue weighted by molar-refractivity contribution is -0.234. The fraction of sp³-hybridized carbons (Fsp3) is 0.474. The Kier molecular flexibility index (Phi) is 2.25. The van der Waals surface area contributed by atoms with Gasteiger partial charge in [0.15, 0.2) is 5.79 Å². The molecule has 0 radical (unpaired) electrons. The molecule has 6 rings (SSSR count). The first-order valence-corrected chi connectivity index (χ1v) is 7.87. The summed E-state index contributed by atoms with van der Waals surface area (Å²) in [6, 6.07) is 8.96. The lowest BCUT2D eigenvalue weighted by Gasteiger charge is -2.46. The molecule has 1 fully saturated rings. The summed E-state index contributed by atoms with van der Waals surface area (Å²) in [7, 11) is 3.60. The molecular formula is C19H20O2. The summed E-state index contributed by atoms with van der Waals surface area (Å²) in [5.41, 5.74) is 3.04. The lowest BCUT2D eigenvalue weighted by Crippen LogP contribution is -2.41. The van der Waals surface area contributed by atoms with E-state index in [1.807, 2.05) is 0 Å². The van der Waals surface area contributed by atoms with Crippen LogP contribution in [0.15, 0.2) is 48.6 Å². The minimum atomic E-state index is -0.445. The van der Waals surface area contributed by atoms with E-state index in [1.54, 1.807) is 14.2 Å². The van der Waals surface area contributed by atoms with E-state index >= 15 is 0 Å². The van der Waals surface area contributed by atoms with E-state index in [1.165, 1.54) is 11.1 Å². The van der Waals surface area contributed by atoms with E-state index in [4.69, 9.17) is 9.47 Å². The van der Waals surface area contributed by atoms with E-state index in [9.17, 15) is 0 Å². The van der Waals surface area contributed by atoms with E-state index < -0.39 is 5.79 Å². The quantitative estimate of drug-likeness (QED) is 0.610. The van der Waals surface area contributed by atoms with Crippen molar-refractivity contribution in [1.82, 2.24) is 0 Å². The number of hydrogen-bond acceptors (Lipinski definition) is 2. The molecule has 21 heavy (non-hydrogen) atoms. The molecule has 1 aromatic rings. The number of ether oxygens (including phenoxy) is 2. The average Bonchev–Trinajstić information content (AvgIpc) is 3.07. The van der Waals surface area contributed by atoms with Crippen LogP contribution in [0.25, 0.3) is 0 Å². The Hall–Kier alpha value is -1.38. The van der Waals surface area contributed by atoms with Gasteiger partial charge in [0.2, 0.25) is 0 Å². The van der Waals surface area contributed by atoms with Crippen molar-refractivity contribution in [3.05, 3.63) is 59.7 Å². The maximum atomic E-state index is 5.94. The molecule has 0 unspecified atom stereocenters. The Labute approximate surface area is 125 Å². The lowest BCUT2D eigenvalue weighted by atomic mass is 9.57. The molecule has 5 aliphatic rings. The second kappa shape index (κ2) is 3.88. The van der Waals surface area contributed by atoms with Gasteiger partial charge in [0.05, 0.1) is 0 Å². The Morgan fingerprint density at radius 1 is 0.762 bits per heavy atom. The number of benzene rings is 1. The second-order valence-corrected chi connectivity index (χ2v) is 6.79. The van der Waals surface area contributed by atoms with Gasteiger partial charge in [-0.1, -0.05) is 48.6 Å². The number of allylic oxidation sites excluding steroid dienone is 2. The smallest absolute Gasteiger partial charge is 0.180 e. The summed E-state index contributed by atoms with van der Waals surface area (Å²) in [4.78, 5) is 0. The zero-order valence-corrected chi connectivity index (χ0v) is 12.4. The summed E-state index contributed by atoms with van der Waals surface area (Å²) < 4.78 is 11.9. The van der Waals surface area contributed by atoms with Crippen molar-refractivity contribution in [2.24, 2.45) is 23.7 Å². The molecule has 2 nitrogen and oxygen atoms in total. The normalized spacial score (nSPS) is 43.1. The molecule has 0 spiro atoms. The fourth-order valence-electron chi connectivity index (χ4n) is 5.79. The van der Waals surface area contributed by atoms with Crippen molar-refractivity contribution >= 4 is 0 Å². The molecule has 1 saturated carbocycles. The third-order valence-electron chi connectivity index (χ3n) is 6.44. The van der Waals surface area contributed by atoms with Crippen molar-refractivity contribution in [1.29, 1.82) is 0 Å². The summed E-state index contributed by atoms with van der Waals surface area (Å²) in [6.07, 6.45) is 9.55. The predicted molar refractivity (Wildman–Crippen MR) is 80.9 cm³/mol. The minimum Gasteiger partial charge on any atom is -0.352 e. The standard InChI is InChI=1S/C19H20O2/c1-20-19(21-2)15-9-10-16(19)18-14-8-7-13(17(15)18)11-5-3-4-6-12(11)14/h3-10,13-18H,1-2H3/t13-,14-,15-,16-,17-,18-/m1/s1. The molecule has 0 saturated heterocycles. The number of rotatable bonds is 2. The van der Waals surface area contributed by atoms with Crippen LogP contribution in [0.4, 0.5) is 0 Å². The van der Waals surface area contributed by atoms with Crippen molar-refractivity contribution in [2.75, 3.05) is 14.2 Å². The van der Waals surface area contributed by atoms with Gasteiger partial charge >= 0.3 is 0 Å². The van der Waals surface area contributed by atoms with Gasteiger partial charge in [-0.3, -0.25) is 0 Å². The van der Waals surface area contributed by atoms with Gasteiger partial charge in [-0.25, -0.2) is 0 Å². The van der Waals surface area contributed by atoms with Crippen molar-refractivity contribution < 1.29 is 9.47 Å². The van der Waals surface area contributed by atoms with E-state index in [0.29, 0.717) is 35.5 Å². The number of hydrogen-bond donors (Lipinski definition) is 0. The monoisotopic (exact) mass is 280 g/mol. The molecule has 0 aliphatic heterocycles. The number of methoxy groups -OCH3 is 2. The van der Waals surface area contributed by atoms with Crippen LogP contribution in [-0.4, -0.2) is 20.0 Å². The molecule has 0 aromatic heterocycles. The summed E-state index contributed by atoms with van der Waals surface area (Å²) in [5.74, 6) is 2.55. The Balaban J connectivity index is 1.70. The zero-order chi connectivity index (χ0) is 14.2. The van der Waals surface area contributed by atoms with Crippen LogP contribution >= 0.6 is 0 Å².